The highest BCUT2D eigenvalue weighted by molar-refractivity contribution is 6.34. The molecule has 3 aromatic rings. The van der Waals surface area contributed by atoms with Gasteiger partial charge in [0.2, 0.25) is 0 Å². The summed E-state index contributed by atoms with van der Waals surface area (Å²) in [5.41, 5.74) is 5.55. The van der Waals surface area contributed by atoms with Gasteiger partial charge in [0.25, 0.3) is 5.91 Å². The van der Waals surface area contributed by atoms with E-state index in [4.69, 9.17) is 36.8 Å². The van der Waals surface area contributed by atoms with E-state index < -0.39 is 40.5 Å². The van der Waals surface area contributed by atoms with E-state index in [0.29, 0.717) is 35.7 Å². The summed E-state index contributed by atoms with van der Waals surface area (Å²) in [6.45, 7) is 10.1. The maximum atomic E-state index is 15.8. The molecule has 1 aromatic carbocycles. The number of nitrogens with two attached hydrogens (primary N) is 1. The fourth-order valence-electron chi connectivity index (χ4n) is 8.13. The van der Waals surface area contributed by atoms with Crippen molar-refractivity contribution >= 4 is 29.0 Å². The molecular weight excluding hydrogens is 716 g/mol. The molecule has 0 spiro atoms. The van der Waals surface area contributed by atoms with Crippen LogP contribution in [0.4, 0.5) is 29.1 Å². The lowest BCUT2D eigenvalue weighted by Gasteiger charge is -2.35. The molecule has 6 heterocycles. The third-order valence-electron chi connectivity index (χ3n) is 10.7. The molecule has 16 heteroatoms. The lowest BCUT2D eigenvalue weighted by atomic mass is 9.90. The van der Waals surface area contributed by atoms with Gasteiger partial charge in [-0.25, -0.2) is 4.39 Å². The largest absolute Gasteiger partial charge is 0.461 e. The van der Waals surface area contributed by atoms with E-state index in [0.717, 1.165) is 44.0 Å². The van der Waals surface area contributed by atoms with Crippen molar-refractivity contribution in [1.82, 2.24) is 29.5 Å². The number of hydrogen-bond acceptors (Lipinski definition) is 9. The Kier molecular flexibility index (Phi) is 9.61. The van der Waals surface area contributed by atoms with E-state index in [9.17, 15) is 18.0 Å². The van der Waals surface area contributed by atoms with Gasteiger partial charge in [-0.05, 0) is 52.1 Å². The molecule has 11 nitrogen and oxygen atoms in total. The molecule has 0 aliphatic carbocycles. The molecule has 0 radical (unpaired) electrons. The quantitative estimate of drug-likeness (QED) is 0.142. The lowest BCUT2D eigenvalue weighted by molar-refractivity contribution is -0.140. The van der Waals surface area contributed by atoms with Crippen molar-refractivity contribution in [2.45, 2.75) is 89.5 Å². The Morgan fingerprint density at radius 2 is 2.04 bits per heavy atom. The number of aryl methyl sites for hydroxylation is 1. The molecule has 7 rings (SSSR count). The van der Waals surface area contributed by atoms with Crippen molar-refractivity contribution in [2.24, 2.45) is 0 Å². The Hall–Kier alpha value is -4.39. The number of benzene rings is 1. The van der Waals surface area contributed by atoms with Crippen molar-refractivity contribution in [1.29, 1.82) is 0 Å². The van der Waals surface area contributed by atoms with Crippen LogP contribution < -0.4 is 15.4 Å². The topological polar surface area (TPSA) is 115 Å². The Bertz CT molecular complexity index is 2060. The average Bonchev–Trinajstić information content (AvgIpc) is 3.69. The highest BCUT2D eigenvalue weighted by atomic mass is 35.5. The van der Waals surface area contributed by atoms with E-state index >= 15 is 4.39 Å². The molecule has 2 saturated heterocycles. The zero-order valence-corrected chi connectivity index (χ0v) is 30.8. The van der Waals surface area contributed by atoms with Gasteiger partial charge in [-0.1, -0.05) is 29.7 Å². The summed E-state index contributed by atoms with van der Waals surface area (Å²) in [7, 11) is 3.24. The predicted molar refractivity (Wildman–Crippen MR) is 190 cm³/mol. The van der Waals surface area contributed by atoms with E-state index in [2.05, 4.69) is 28.4 Å². The average molecular weight is 757 g/mol. The van der Waals surface area contributed by atoms with Gasteiger partial charge >= 0.3 is 12.2 Å². The third kappa shape index (κ3) is 6.59. The van der Waals surface area contributed by atoms with E-state index in [1.807, 2.05) is 11.8 Å². The van der Waals surface area contributed by atoms with E-state index in [1.54, 1.807) is 18.8 Å². The number of nitrogens with zero attached hydrogens (tertiary/aromatic N) is 7. The summed E-state index contributed by atoms with van der Waals surface area (Å²) >= 11 is 6.82. The van der Waals surface area contributed by atoms with Gasteiger partial charge in [-0.2, -0.15) is 28.2 Å². The molecule has 0 saturated carbocycles. The molecule has 4 aliphatic rings. The number of hydrogen-bond donors (Lipinski definition) is 1. The second kappa shape index (κ2) is 13.8. The zero-order valence-electron chi connectivity index (χ0n) is 30.0. The highest BCUT2D eigenvalue weighted by Crippen LogP contribution is 2.46. The number of carbonyl (C=O) groups excluding carboxylic acids is 1. The molecule has 0 unspecified atom stereocenters. The Morgan fingerprint density at radius 1 is 1.26 bits per heavy atom. The van der Waals surface area contributed by atoms with Crippen molar-refractivity contribution in [2.75, 3.05) is 44.4 Å². The minimum absolute atomic E-state index is 0.0410. The van der Waals surface area contributed by atoms with Crippen molar-refractivity contribution in [3.05, 3.63) is 68.4 Å². The normalized spacial score (nSPS) is 22.8. The van der Waals surface area contributed by atoms with Gasteiger partial charge in [-0.3, -0.25) is 14.4 Å². The van der Waals surface area contributed by atoms with Crippen LogP contribution >= 0.6 is 11.6 Å². The summed E-state index contributed by atoms with van der Waals surface area (Å²) in [6.07, 6.45) is -3.26. The Labute approximate surface area is 310 Å². The molecule has 1 amide bonds. The SMILES string of the molecule is C=C1CN2CCC[C@]2(COc2nc3c(c(N4Cc5c(Cl)c(C(=O)N(C)C)nn5CC[C@H]4C)n2)CO[C@H](c2c(F)c(N)cc(C#CC)c2C(F)(F)F)C3)C1. The smallest absolute Gasteiger partial charge is 0.418 e. The van der Waals surface area contributed by atoms with Gasteiger partial charge in [0.05, 0.1) is 52.5 Å². The number of fused-ring (bicyclic) bond motifs is 3. The summed E-state index contributed by atoms with van der Waals surface area (Å²) in [5.74, 6) is 3.80. The number of rotatable bonds is 6. The fourth-order valence-corrected chi connectivity index (χ4v) is 8.41. The number of alkyl halides is 3. The van der Waals surface area contributed by atoms with Crippen LogP contribution in [0.1, 0.15) is 89.8 Å². The van der Waals surface area contributed by atoms with E-state index in [1.165, 1.54) is 11.8 Å². The Balaban J connectivity index is 1.32. The first-order valence-electron chi connectivity index (χ1n) is 17.5. The van der Waals surface area contributed by atoms with Gasteiger partial charge in [0.1, 0.15) is 12.4 Å². The van der Waals surface area contributed by atoms with Crippen LogP contribution in [0.2, 0.25) is 5.02 Å². The predicted octanol–water partition coefficient (Wildman–Crippen LogP) is 5.93. The molecule has 53 heavy (non-hydrogen) atoms. The number of aromatic nitrogens is 4. The van der Waals surface area contributed by atoms with Crippen molar-refractivity contribution < 1.29 is 31.8 Å². The summed E-state index contributed by atoms with van der Waals surface area (Å²) < 4.78 is 74.0. The van der Waals surface area contributed by atoms with Gasteiger partial charge in [0.15, 0.2) is 11.5 Å². The van der Waals surface area contributed by atoms with Gasteiger partial charge in [-0.15, -0.1) is 5.92 Å². The van der Waals surface area contributed by atoms with E-state index in [-0.39, 0.29) is 60.4 Å². The number of ether oxygens (including phenoxy) is 2. The molecule has 4 aliphatic heterocycles. The van der Waals surface area contributed by atoms with Crippen LogP contribution in [0.5, 0.6) is 6.01 Å². The molecule has 2 N–H and O–H groups in total. The summed E-state index contributed by atoms with van der Waals surface area (Å²) in [6, 6.07) is 0.809. The van der Waals surface area contributed by atoms with Crippen LogP contribution in [0.25, 0.3) is 0 Å². The number of amides is 1. The second-order valence-electron chi connectivity index (χ2n) is 14.5. The van der Waals surface area contributed by atoms with Crippen molar-refractivity contribution in [3.8, 4) is 17.9 Å². The minimum Gasteiger partial charge on any atom is -0.461 e. The van der Waals surface area contributed by atoms with Crippen LogP contribution in [0.3, 0.4) is 0 Å². The Morgan fingerprint density at radius 3 is 2.75 bits per heavy atom. The molecule has 282 valence electrons. The van der Waals surface area contributed by atoms with Crippen LogP contribution in [-0.4, -0.2) is 80.8 Å². The van der Waals surface area contributed by atoms with Crippen LogP contribution in [0.15, 0.2) is 18.2 Å². The van der Waals surface area contributed by atoms with Crippen LogP contribution in [0, 0.1) is 17.7 Å². The number of halogens is 5. The third-order valence-corrected chi connectivity index (χ3v) is 11.1. The second-order valence-corrected chi connectivity index (χ2v) is 14.9. The number of nitrogen functional groups attached to an aromatic ring is 1. The monoisotopic (exact) mass is 756 g/mol. The minimum atomic E-state index is -4.95. The fraction of sp³-hybridized carbons (Fsp3) is 0.514. The number of anilines is 2. The summed E-state index contributed by atoms with van der Waals surface area (Å²) in [5, 5.41) is 4.77. The standard InChI is InChI=1S/C37H41ClF4N8O3/c1-6-8-22-13-24(43)31(39)28(29(22)37(40,41)42)27-14-25-23(18-52-27)33(45-35(44-25)53-19-36-10-7-11-48(36)16-20(2)15-36)49-17-26-30(38)32(34(51)47(4)5)46-50(26)12-9-21(49)3/h13,21,27H,2,7,9-12,14-19,43H2,1,3-5H3/t21-,27+,36-/m1/s1. The number of carbonyl (C=O) groups is 1. The zero-order chi connectivity index (χ0) is 38.0. The molecule has 0 bridgehead atoms. The first kappa shape index (κ1) is 36.9. The lowest BCUT2D eigenvalue weighted by Crippen LogP contribution is -2.43. The maximum Gasteiger partial charge on any atom is 0.418 e. The first-order valence-corrected chi connectivity index (χ1v) is 17.9. The molecule has 2 aromatic heterocycles. The maximum absolute atomic E-state index is 15.8. The molecule has 3 atom stereocenters. The first-order chi connectivity index (χ1) is 25.1. The van der Waals surface area contributed by atoms with Crippen molar-refractivity contribution in [3.63, 3.8) is 0 Å². The molecule has 2 fully saturated rings. The van der Waals surface area contributed by atoms with Crippen LogP contribution in [-0.2, 0) is 37.0 Å². The van der Waals surface area contributed by atoms with Gasteiger partial charge < -0.3 is 25.0 Å². The highest BCUT2D eigenvalue weighted by Gasteiger charge is 2.47. The molecular formula is C37H41ClF4N8O3. The summed E-state index contributed by atoms with van der Waals surface area (Å²) in [4.78, 5) is 28.4. The van der Waals surface area contributed by atoms with Gasteiger partial charge in [0, 0.05) is 56.3 Å².